The number of anilines is 1. The van der Waals surface area contributed by atoms with Gasteiger partial charge in [-0.3, -0.25) is 9.59 Å². The van der Waals surface area contributed by atoms with E-state index in [4.69, 9.17) is 0 Å². The lowest BCUT2D eigenvalue weighted by Gasteiger charge is -2.22. The van der Waals surface area contributed by atoms with Crippen LogP contribution in [0.3, 0.4) is 0 Å². The average Bonchev–Trinajstić information content (AvgIpc) is 2.39. The van der Waals surface area contributed by atoms with Gasteiger partial charge in [0.05, 0.1) is 5.56 Å². The maximum Gasteiger partial charge on any atom is 0.419 e. The number of hydrogen-bond donors (Lipinski definition) is 2. The van der Waals surface area contributed by atoms with Crippen LogP contribution < -0.4 is 10.6 Å². The first-order valence-corrected chi connectivity index (χ1v) is 6.71. The SMILES string of the molecule is O=C(CC1CCCC(=O)N1)Nc1ccc(F)c(C(F)(F)F)c1. The van der Waals surface area contributed by atoms with E-state index in [1.165, 1.54) is 0 Å². The number of amides is 2. The first-order chi connectivity index (χ1) is 10.3. The molecule has 1 unspecified atom stereocenters. The summed E-state index contributed by atoms with van der Waals surface area (Å²) >= 11 is 0. The number of piperidine rings is 1. The summed E-state index contributed by atoms with van der Waals surface area (Å²) in [7, 11) is 0. The Morgan fingerprint density at radius 3 is 2.73 bits per heavy atom. The molecule has 0 radical (unpaired) electrons. The summed E-state index contributed by atoms with van der Waals surface area (Å²) < 4.78 is 50.9. The Balaban J connectivity index is 2.01. The largest absolute Gasteiger partial charge is 0.419 e. The van der Waals surface area contributed by atoms with Gasteiger partial charge in [-0.25, -0.2) is 4.39 Å². The van der Waals surface area contributed by atoms with Crippen molar-refractivity contribution in [3.8, 4) is 0 Å². The molecule has 1 aliphatic rings. The molecule has 0 spiro atoms. The zero-order chi connectivity index (χ0) is 16.3. The molecule has 1 fully saturated rings. The van der Waals surface area contributed by atoms with Gasteiger partial charge in [0.2, 0.25) is 11.8 Å². The standard InChI is InChI=1S/C14H14F4N2O2/c15-11-5-4-9(6-10(11)14(16,17)18)20-13(22)7-8-2-1-3-12(21)19-8/h4-6,8H,1-3,7H2,(H,19,21)(H,20,22). The van der Waals surface area contributed by atoms with Crippen molar-refractivity contribution in [2.45, 2.75) is 37.9 Å². The highest BCUT2D eigenvalue weighted by atomic mass is 19.4. The van der Waals surface area contributed by atoms with Crippen LogP contribution >= 0.6 is 0 Å². The zero-order valence-electron chi connectivity index (χ0n) is 11.5. The van der Waals surface area contributed by atoms with Gasteiger partial charge < -0.3 is 10.6 Å². The molecule has 1 aromatic carbocycles. The Hall–Kier alpha value is -2.12. The van der Waals surface area contributed by atoms with Crippen molar-refractivity contribution in [1.82, 2.24) is 5.32 Å². The molecule has 120 valence electrons. The molecule has 0 bridgehead atoms. The minimum Gasteiger partial charge on any atom is -0.353 e. The smallest absolute Gasteiger partial charge is 0.353 e. The Kier molecular flexibility index (Phi) is 4.68. The van der Waals surface area contributed by atoms with Crippen LogP contribution in [-0.4, -0.2) is 17.9 Å². The zero-order valence-corrected chi connectivity index (χ0v) is 11.5. The minimum atomic E-state index is -4.83. The molecule has 0 saturated carbocycles. The second kappa shape index (κ2) is 6.33. The van der Waals surface area contributed by atoms with Crippen molar-refractivity contribution in [2.75, 3.05) is 5.32 Å². The van der Waals surface area contributed by atoms with Crippen molar-refractivity contribution >= 4 is 17.5 Å². The van der Waals surface area contributed by atoms with Crippen LogP contribution in [0.1, 0.15) is 31.2 Å². The summed E-state index contributed by atoms with van der Waals surface area (Å²) in [4.78, 5) is 23.0. The van der Waals surface area contributed by atoms with E-state index < -0.39 is 23.5 Å². The van der Waals surface area contributed by atoms with Crippen LogP contribution in [0, 0.1) is 5.82 Å². The topological polar surface area (TPSA) is 58.2 Å². The first kappa shape index (κ1) is 16.3. The third kappa shape index (κ3) is 4.19. The van der Waals surface area contributed by atoms with Gasteiger partial charge in [-0.1, -0.05) is 0 Å². The second-order valence-electron chi connectivity index (χ2n) is 5.10. The molecule has 1 aromatic rings. The lowest BCUT2D eigenvalue weighted by Crippen LogP contribution is -2.40. The fourth-order valence-corrected chi connectivity index (χ4v) is 2.29. The summed E-state index contributed by atoms with van der Waals surface area (Å²) in [5.74, 6) is -2.08. The number of carbonyl (C=O) groups is 2. The lowest BCUT2D eigenvalue weighted by molar-refractivity contribution is -0.140. The Bertz CT molecular complexity index is 587. The highest BCUT2D eigenvalue weighted by Gasteiger charge is 2.34. The molecule has 2 rings (SSSR count). The molecule has 1 aliphatic heterocycles. The molecule has 2 amide bonds. The number of hydrogen-bond acceptors (Lipinski definition) is 2. The molecule has 2 N–H and O–H groups in total. The quantitative estimate of drug-likeness (QED) is 0.842. The number of rotatable bonds is 3. The highest BCUT2D eigenvalue weighted by molar-refractivity contribution is 5.91. The third-order valence-corrected chi connectivity index (χ3v) is 3.31. The number of halogens is 4. The number of alkyl halides is 3. The summed E-state index contributed by atoms with van der Waals surface area (Å²) in [6.07, 6.45) is -3.16. The van der Waals surface area contributed by atoms with E-state index in [1.807, 2.05) is 0 Å². The molecular weight excluding hydrogens is 304 g/mol. The summed E-state index contributed by atoms with van der Waals surface area (Å²) in [5.41, 5.74) is -1.57. The van der Waals surface area contributed by atoms with E-state index >= 15 is 0 Å². The van der Waals surface area contributed by atoms with Gasteiger partial charge in [0.25, 0.3) is 0 Å². The van der Waals surface area contributed by atoms with Gasteiger partial charge in [-0.05, 0) is 31.0 Å². The molecule has 0 aliphatic carbocycles. The molecular formula is C14H14F4N2O2. The van der Waals surface area contributed by atoms with Crippen molar-refractivity contribution in [2.24, 2.45) is 0 Å². The van der Waals surface area contributed by atoms with Gasteiger partial charge in [0.1, 0.15) is 5.82 Å². The van der Waals surface area contributed by atoms with Crippen molar-refractivity contribution in [3.63, 3.8) is 0 Å². The van der Waals surface area contributed by atoms with Crippen molar-refractivity contribution < 1.29 is 27.2 Å². The Labute approximate surface area is 123 Å². The summed E-state index contributed by atoms with van der Waals surface area (Å²) in [6.45, 7) is 0. The molecule has 1 saturated heterocycles. The lowest BCUT2D eigenvalue weighted by atomic mass is 10.0. The normalized spacial score (nSPS) is 18.7. The van der Waals surface area contributed by atoms with Crippen molar-refractivity contribution in [3.05, 3.63) is 29.6 Å². The predicted molar refractivity (Wildman–Crippen MR) is 70.4 cm³/mol. The van der Waals surface area contributed by atoms with Gasteiger partial charge >= 0.3 is 6.18 Å². The van der Waals surface area contributed by atoms with Crippen LogP contribution in [0.5, 0.6) is 0 Å². The third-order valence-electron chi connectivity index (χ3n) is 3.31. The number of carbonyl (C=O) groups excluding carboxylic acids is 2. The second-order valence-corrected chi connectivity index (χ2v) is 5.10. The monoisotopic (exact) mass is 318 g/mol. The van der Waals surface area contributed by atoms with Crippen molar-refractivity contribution in [1.29, 1.82) is 0 Å². The first-order valence-electron chi connectivity index (χ1n) is 6.71. The van der Waals surface area contributed by atoms with Crippen LogP contribution in [-0.2, 0) is 15.8 Å². The maximum atomic E-state index is 13.1. The van der Waals surface area contributed by atoms with Crippen LogP contribution in [0.4, 0.5) is 23.2 Å². The number of benzene rings is 1. The minimum absolute atomic E-state index is 0.0372. The Morgan fingerprint density at radius 1 is 1.36 bits per heavy atom. The highest BCUT2D eigenvalue weighted by Crippen LogP contribution is 2.33. The molecule has 1 atom stereocenters. The molecule has 0 aromatic heterocycles. The van der Waals surface area contributed by atoms with Gasteiger partial charge in [-0.15, -0.1) is 0 Å². The van der Waals surface area contributed by atoms with E-state index in [0.717, 1.165) is 6.07 Å². The predicted octanol–water partition coefficient (Wildman–Crippen LogP) is 2.84. The van der Waals surface area contributed by atoms with E-state index in [2.05, 4.69) is 10.6 Å². The molecule has 4 nitrogen and oxygen atoms in total. The van der Waals surface area contributed by atoms with Gasteiger partial charge in [0, 0.05) is 24.6 Å². The number of nitrogens with one attached hydrogen (secondary N) is 2. The van der Waals surface area contributed by atoms with E-state index in [9.17, 15) is 27.2 Å². The van der Waals surface area contributed by atoms with Crippen LogP contribution in [0.15, 0.2) is 18.2 Å². The van der Waals surface area contributed by atoms with Crippen LogP contribution in [0.25, 0.3) is 0 Å². The van der Waals surface area contributed by atoms with E-state index in [-0.39, 0.29) is 24.1 Å². The molecule has 1 heterocycles. The van der Waals surface area contributed by atoms with E-state index in [1.54, 1.807) is 0 Å². The van der Waals surface area contributed by atoms with E-state index in [0.29, 0.717) is 31.4 Å². The Morgan fingerprint density at radius 2 is 2.09 bits per heavy atom. The summed E-state index contributed by atoms with van der Waals surface area (Å²) in [6, 6.07) is 1.93. The average molecular weight is 318 g/mol. The fraction of sp³-hybridized carbons (Fsp3) is 0.429. The fourth-order valence-electron chi connectivity index (χ4n) is 2.29. The summed E-state index contributed by atoms with van der Waals surface area (Å²) in [5, 5.41) is 4.92. The van der Waals surface area contributed by atoms with Crippen LogP contribution in [0.2, 0.25) is 0 Å². The maximum absolute atomic E-state index is 13.1. The molecule has 22 heavy (non-hydrogen) atoms. The van der Waals surface area contributed by atoms with Gasteiger partial charge in [0.15, 0.2) is 0 Å². The molecule has 8 heteroatoms. The van der Waals surface area contributed by atoms with Gasteiger partial charge in [-0.2, -0.15) is 13.2 Å².